The fourth-order valence-electron chi connectivity index (χ4n) is 8.69. The van der Waals surface area contributed by atoms with Crippen molar-refractivity contribution in [3.8, 4) is 17.2 Å². The lowest BCUT2D eigenvalue weighted by atomic mass is 9.94. The molecule has 0 saturated heterocycles. The van der Waals surface area contributed by atoms with E-state index in [1.54, 1.807) is 68.7 Å². The number of carbonyl (C=O) groups excluding carboxylic acids is 3. The Morgan fingerprint density at radius 3 is 0.891 bits per heavy atom. The lowest BCUT2D eigenvalue weighted by molar-refractivity contribution is -0.123. The molecule has 6 aromatic rings. The molecule has 92 heavy (non-hydrogen) atoms. The van der Waals surface area contributed by atoms with Crippen molar-refractivity contribution < 1.29 is 71.2 Å². The summed E-state index contributed by atoms with van der Waals surface area (Å²) in [7, 11) is 0. The van der Waals surface area contributed by atoms with Crippen molar-refractivity contribution in [1.82, 2.24) is 29.7 Å². The third-order valence-corrected chi connectivity index (χ3v) is 13.7. The van der Waals surface area contributed by atoms with E-state index >= 15 is 0 Å². The first-order valence-electron chi connectivity index (χ1n) is 31.1. The minimum Gasteiger partial charge on any atom is -0.483 e. The number of ether oxygens (including phenoxy) is 12. The summed E-state index contributed by atoms with van der Waals surface area (Å²) < 4.78 is 73.6. The molecular formula is C68H90N6O18. The van der Waals surface area contributed by atoms with Gasteiger partial charge < -0.3 is 86.5 Å². The summed E-state index contributed by atoms with van der Waals surface area (Å²) in [5.41, 5.74) is 1.49. The fourth-order valence-corrected chi connectivity index (χ4v) is 8.69. The van der Waals surface area contributed by atoms with Crippen LogP contribution < -0.4 is 46.8 Å². The minimum atomic E-state index is -0.698. The van der Waals surface area contributed by atoms with Gasteiger partial charge in [0, 0.05) is 82.5 Å². The second-order valence-corrected chi connectivity index (χ2v) is 21.4. The topological polar surface area (TPSA) is 264 Å². The highest BCUT2D eigenvalue weighted by Gasteiger charge is 2.27. The molecule has 24 heteroatoms. The zero-order chi connectivity index (χ0) is 65.0. The van der Waals surface area contributed by atoms with Crippen molar-refractivity contribution in [2.75, 3.05) is 139 Å². The van der Waals surface area contributed by atoms with Crippen LogP contribution in [0.2, 0.25) is 0 Å². The van der Waals surface area contributed by atoms with E-state index in [0.29, 0.717) is 119 Å². The maximum Gasteiger partial charge on any atom is 0.292 e. The summed E-state index contributed by atoms with van der Waals surface area (Å²) in [4.78, 5) is 76.5. The molecule has 0 aliphatic heterocycles. The summed E-state index contributed by atoms with van der Waals surface area (Å²) in [5.74, 6) is 0.153. The molecule has 0 atom stereocenters. The smallest absolute Gasteiger partial charge is 0.292 e. The number of nitrogens with one attached hydrogen (secondary N) is 3. The molecule has 6 rings (SSSR count). The SMILES string of the molecule is CC(COCCC(=O)NCCOCCOCCn1cccc(OCc2ccccc2)c1=O)(COCCC(=O)NCCOCCOCCn1cccc(OCc2ccccc2)c1=O)COCCC(=O)NCCOCCOCCn1cccc(OCc2ccccc2)c1=O. The fraction of sp³-hybridized carbons (Fsp3) is 0.471. The van der Waals surface area contributed by atoms with Crippen molar-refractivity contribution in [1.29, 1.82) is 0 Å². The molecule has 24 nitrogen and oxygen atoms in total. The average Bonchev–Trinajstić information content (AvgIpc) is 1.85. The summed E-state index contributed by atoms with van der Waals surface area (Å²) in [6, 6.07) is 39.1. The molecule has 0 fully saturated rings. The highest BCUT2D eigenvalue weighted by Crippen LogP contribution is 2.19. The number of pyridine rings is 3. The van der Waals surface area contributed by atoms with Crippen LogP contribution >= 0.6 is 0 Å². The Morgan fingerprint density at radius 2 is 0.609 bits per heavy atom. The summed E-state index contributed by atoms with van der Waals surface area (Å²) in [5, 5.41) is 8.46. The second-order valence-electron chi connectivity index (χ2n) is 21.4. The van der Waals surface area contributed by atoms with Crippen molar-refractivity contribution in [3.05, 3.63) is 194 Å². The number of aromatic nitrogens is 3. The van der Waals surface area contributed by atoms with Gasteiger partial charge in [-0.2, -0.15) is 0 Å². The van der Waals surface area contributed by atoms with Gasteiger partial charge in [-0.1, -0.05) is 97.9 Å². The highest BCUT2D eigenvalue weighted by molar-refractivity contribution is 5.76. The standard InChI is InChI=1S/C68H90N6O18/c1-68(53-87-35-23-62(75)69-26-38-81-44-47-84-41-32-72-29-11-20-59(65(72)78)90-50-56-14-5-2-6-15-56,54-88-36-24-63(76)70-27-39-82-45-48-85-42-33-73-30-12-21-60(66(73)79)91-51-57-16-7-3-8-17-57)55-89-37-25-64(77)71-28-40-83-46-49-86-43-34-74-31-13-22-61(67(74)80)92-52-58-18-9-4-10-19-58/h2-22,29-31H,23-28,32-55H2,1H3,(H,69,75)(H,70,76)(H,71,77). The molecule has 0 unspecified atom stereocenters. The van der Waals surface area contributed by atoms with Crippen molar-refractivity contribution in [3.63, 3.8) is 0 Å². The molecule has 3 aromatic carbocycles. The van der Waals surface area contributed by atoms with Crippen molar-refractivity contribution >= 4 is 17.7 Å². The van der Waals surface area contributed by atoms with Gasteiger partial charge in [0.15, 0.2) is 17.2 Å². The maximum absolute atomic E-state index is 12.8. The summed E-state index contributed by atoms with van der Waals surface area (Å²) in [6.07, 6.45) is 5.36. The Balaban J connectivity index is 0.801. The zero-order valence-corrected chi connectivity index (χ0v) is 52.8. The Kier molecular flexibility index (Phi) is 35.3. The van der Waals surface area contributed by atoms with Crippen LogP contribution in [0, 0.1) is 5.41 Å². The molecular weight excluding hydrogens is 1190 g/mol. The second kappa shape index (κ2) is 44.5. The lowest BCUT2D eigenvalue weighted by Gasteiger charge is -2.29. The van der Waals surface area contributed by atoms with Gasteiger partial charge in [-0.3, -0.25) is 28.8 Å². The van der Waals surface area contributed by atoms with Crippen LogP contribution in [0.1, 0.15) is 42.9 Å². The Hall–Kier alpha value is -8.04. The van der Waals surface area contributed by atoms with Gasteiger partial charge in [-0.15, -0.1) is 0 Å². The van der Waals surface area contributed by atoms with Crippen LogP contribution in [0.4, 0.5) is 0 Å². The molecule has 500 valence electrons. The molecule has 0 bridgehead atoms. The number of hydrogen-bond acceptors (Lipinski definition) is 18. The number of nitrogens with zero attached hydrogens (tertiary/aromatic N) is 3. The minimum absolute atomic E-state index is 0.0975. The molecule has 0 saturated carbocycles. The normalized spacial score (nSPS) is 11.3. The van der Waals surface area contributed by atoms with Gasteiger partial charge in [-0.25, -0.2) is 0 Å². The number of carbonyl (C=O) groups is 3. The monoisotopic (exact) mass is 1280 g/mol. The first kappa shape index (κ1) is 73.0. The van der Waals surface area contributed by atoms with Crippen LogP contribution in [0.3, 0.4) is 0 Å². The van der Waals surface area contributed by atoms with E-state index in [2.05, 4.69) is 16.0 Å². The number of amides is 3. The van der Waals surface area contributed by atoms with E-state index < -0.39 is 5.41 Å². The van der Waals surface area contributed by atoms with Crippen LogP contribution in [-0.2, 0) is 96.5 Å². The molecule has 0 radical (unpaired) electrons. The average molecular weight is 1280 g/mol. The van der Waals surface area contributed by atoms with Crippen LogP contribution in [0.25, 0.3) is 0 Å². The molecule has 0 aliphatic rings. The first-order chi connectivity index (χ1) is 45.0. The Morgan fingerprint density at radius 1 is 0.337 bits per heavy atom. The van der Waals surface area contributed by atoms with E-state index in [-0.39, 0.29) is 130 Å². The van der Waals surface area contributed by atoms with E-state index in [4.69, 9.17) is 56.8 Å². The van der Waals surface area contributed by atoms with Crippen molar-refractivity contribution in [2.24, 2.45) is 5.41 Å². The predicted molar refractivity (Wildman–Crippen MR) is 343 cm³/mol. The molecule has 0 spiro atoms. The van der Waals surface area contributed by atoms with Gasteiger partial charge in [0.05, 0.1) is 119 Å². The maximum atomic E-state index is 12.8. The zero-order valence-electron chi connectivity index (χ0n) is 52.8. The quantitative estimate of drug-likeness (QED) is 0.0425. The van der Waals surface area contributed by atoms with E-state index in [1.807, 2.05) is 97.9 Å². The first-order valence-corrected chi connectivity index (χ1v) is 31.1. The van der Waals surface area contributed by atoms with Crippen molar-refractivity contribution in [2.45, 2.75) is 65.6 Å². The van der Waals surface area contributed by atoms with Gasteiger partial charge in [0.2, 0.25) is 17.7 Å². The molecule has 3 amide bonds. The molecule has 3 heterocycles. The summed E-state index contributed by atoms with van der Waals surface area (Å²) in [6.45, 7) is 9.15. The number of hydrogen-bond donors (Lipinski definition) is 3. The molecule has 3 aromatic heterocycles. The van der Waals surface area contributed by atoms with E-state index in [9.17, 15) is 28.8 Å². The Labute approximate surface area is 537 Å². The third kappa shape index (κ3) is 30.4. The molecule has 3 N–H and O–H groups in total. The lowest BCUT2D eigenvalue weighted by Crippen LogP contribution is -2.36. The highest BCUT2D eigenvalue weighted by atomic mass is 16.5. The van der Waals surface area contributed by atoms with E-state index in [0.717, 1.165) is 16.7 Å². The Bertz CT molecular complexity index is 2850. The number of benzene rings is 3. The van der Waals surface area contributed by atoms with Gasteiger partial charge >= 0.3 is 0 Å². The van der Waals surface area contributed by atoms with Crippen LogP contribution in [0.15, 0.2) is 160 Å². The predicted octanol–water partition coefficient (Wildman–Crippen LogP) is 4.98. The van der Waals surface area contributed by atoms with Crippen LogP contribution in [-0.4, -0.2) is 170 Å². The van der Waals surface area contributed by atoms with Gasteiger partial charge in [-0.05, 0) is 53.1 Å². The summed E-state index contributed by atoms with van der Waals surface area (Å²) >= 11 is 0. The van der Waals surface area contributed by atoms with E-state index in [1.165, 1.54) is 0 Å². The van der Waals surface area contributed by atoms with Gasteiger partial charge in [0.1, 0.15) is 19.8 Å². The van der Waals surface area contributed by atoms with Crippen LogP contribution in [0.5, 0.6) is 17.2 Å². The third-order valence-electron chi connectivity index (χ3n) is 13.7. The largest absolute Gasteiger partial charge is 0.483 e. The number of rotatable bonds is 51. The molecule has 0 aliphatic carbocycles. The van der Waals surface area contributed by atoms with Gasteiger partial charge in [0.25, 0.3) is 16.7 Å².